The molecule has 1 rings (SSSR count). The number of hydrogen-bond acceptors (Lipinski definition) is 1. The third-order valence-electron chi connectivity index (χ3n) is 1.71. The first-order chi connectivity index (χ1) is 6.65. The lowest BCUT2D eigenvalue weighted by atomic mass is 10.1. The molecule has 0 aliphatic carbocycles. The van der Waals surface area contributed by atoms with E-state index in [2.05, 4.69) is 24.5 Å². The molecule has 0 saturated heterocycles. The number of rotatable bonds is 1. The summed E-state index contributed by atoms with van der Waals surface area (Å²) >= 11 is 9.91. The molecule has 0 radical (unpaired) electrons. The van der Waals surface area contributed by atoms with Crippen molar-refractivity contribution in [3.8, 4) is 11.8 Å². The van der Waals surface area contributed by atoms with Gasteiger partial charge in [0.2, 0.25) is 0 Å². The van der Waals surface area contributed by atoms with Gasteiger partial charge in [-0.05, 0) is 24.6 Å². The lowest BCUT2D eigenvalue weighted by Crippen LogP contribution is -1.86. The Balaban J connectivity index is 3.00. The minimum atomic E-state index is -0.274. The van der Waals surface area contributed by atoms with Crippen molar-refractivity contribution < 1.29 is 4.39 Å². The van der Waals surface area contributed by atoms with E-state index >= 15 is 0 Å². The molecule has 0 aliphatic rings. The Hall–Kier alpha value is -0.650. The van der Waals surface area contributed by atoms with Crippen molar-refractivity contribution >= 4 is 24.2 Å². The number of halogens is 2. The van der Waals surface area contributed by atoms with Crippen LogP contribution in [0.15, 0.2) is 12.1 Å². The minimum absolute atomic E-state index is 0.274. The van der Waals surface area contributed by atoms with E-state index in [-0.39, 0.29) is 5.82 Å². The van der Waals surface area contributed by atoms with E-state index in [0.29, 0.717) is 28.3 Å². The zero-order valence-electron chi connectivity index (χ0n) is 7.77. The Bertz CT molecular complexity index is 390. The van der Waals surface area contributed by atoms with Gasteiger partial charge in [-0.15, -0.1) is 0 Å². The summed E-state index contributed by atoms with van der Waals surface area (Å²) in [6.07, 6.45) is 0.676. The Labute approximate surface area is 93.9 Å². The highest BCUT2D eigenvalue weighted by atomic mass is 35.5. The van der Waals surface area contributed by atoms with Gasteiger partial charge in [-0.3, -0.25) is 0 Å². The fraction of sp³-hybridized carbons (Fsp3) is 0.273. The molecule has 0 nitrogen and oxygen atoms in total. The summed E-state index contributed by atoms with van der Waals surface area (Å²) in [7, 11) is 0. The number of thiol groups is 1. The fourth-order valence-corrected chi connectivity index (χ4v) is 1.33. The molecule has 0 heterocycles. The van der Waals surface area contributed by atoms with Gasteiger partial charge in [-0.2, -0.15) is 12.6 Å². The molecule has 74 valence electrons. The average Bonchev–Trinajstić information content (AvgIpc) is 2.14. The van der Waals surface area contributed by atoms with Gasteiger partial charge < -0.3 is 0 Å². The third-order valence-corrected chi connectivity index (χ3v) is 2.24. The normalized spacial score (nSPS) is 9.43. The summed E-state index contributed by atoms with van der Waals surface area (Å²) in [5.41, 5.74) is 1.08. The molecule has 0 fully saturated rings. The summed E-state index contributed by atoms with van der Waals surface area (Å²) < 4.78 is 13.1. The van der Waals surface area contributed by atoms with Crippen LogP contribution in [0.3, 0.4) is 0 Å². The zero-order chi connectivity index (χ0) is 10.6. The molecule has 0 N–H and O–H groups in total. The molecule has 0 spiro atoms. The second kappa shape index (κ2) is 5.29. The van der Waals surface area contributed by atoms with Crippen molar-refractivity contribution in [3.05, 3.63) is 34.1 Å². The highest BCUT2D eigenvalue weighted by molar-refractivity contribution is 7.80. The molecule has 0 bridgehead atoms. The van der Waals surface area contributed by atoms with Crippen LogP contribution in [0.25, 0.3) is 0 Å². The topological polar surface area (TPSA) is 0 Å². The van der Waals surface area contributed by atoms with Crippen molar-refractivity contribution in [2.45, 2.75) is 13.3 Å². The SMILES string of the molecule is Cc1cc(Cl)c(C#CCCS)cc1F. The number of aryl methyl sites for hydroxylation is 1. The van der Waals surface area contributed by atoms with E-state index in [1.165, 1.54) is 6.07 Å². The van der Waals surface area contributed by atoms with Crippen molar-refractivity contribution in [1.29, 1.82) is 0 Å². The maximum Gasteiger partial charge on any atom is 0.127 e. The molecular weight excluding hydrogens is 219 g/mol. The molecule has 0 atom stereocenters. The molecule has 1 aromatic carbocycles. The molecule has 0 aliphatic heterocycles. The summed E-state index contributed by atoms with van der Waals surface area (Å²) in [6, 6.07) is 2.95. The van der Waals surface area contributed by atoms with Crippen LogP contribution < -0.4 is 0 Å². The summed E-state index contributed by atoms with van der Waals surface area (Å²) in [5.74, 6) is 6.09. The van der Waals surface area contributed by atoms with E-state index < -0.39 is 0 Å². The molecule has 1 aromatic rings. The van der Waals surface area contributed by atoms with Gasteiger partial charge in [0, 0.05) is 17.7 Å². The number of benzene rings is 1. The van der Waals surface area contributed by atoms with Gasteiger partial charge in [-0.1, -0.05) is 23.4 Å². The van der Waals surface area contributed by atoms with Gasteiger partial charge in [-0.25, -0.2) is 4.39 Å². The first-order valence-electron chi connectivity index (χ1n) is 4.20. The van der Waals surface area contributed by atoms with Crippen LogP contribution in [0.2, 0.25) is 5.02 Å². The van der Waals surface area contributed by atoms with Crippen LogP contribution in [0.5, 0.6) is 0 Å². The largest absolute Gasteiger partial charge is 0.207 e. The Morgan fingerprint density at radius 3 is 2.86 bits per heavy atom. The predicted octanol–water partition coefficient (Wildman–Crippen LogP) is 3.46. The summed E-state index contributed by atoms with van der Waals surface area (Å²) in [5, 5.41) is 0.496. The Kier molecular flexibility index (Phi) is 4.31. The van der Waals surface area contributed by atoms with Crippen LogP contribution in [0, 0.1) is 24.6 Å². The van der Waals surface area contributed by atoms with Crippen LogP contribution in [-0.4, -0.2) is 5.75 Å². The minimum Gasteiger partial charge on any atom is -0.207 e. The Morgan fingerprint density at radius 1 is 1.50 bits per heavy atom. The van der Waals surface area contributed by atoms with Crippen molar-refractivity contribution in [3.63, 3.8) is 0 Å². The van der Waals surface area contributed by atoms with Crippen molar-refractivity contribution in [1.82, 2.24) is 0 Å². The van der Waals surface area contributed by atoms with E-state index in [1.807, 2.05) is 0 Å². The van der Waals surface area contributed by atoms with Gasteiger partial charge in [0.25, 0.3) is 0 Å². The molecule has 3 heteroatoms. The first kappa shape index (κ1) is 11.4. The molecule has 0 unspecified atom stereocenters. The lowest BCUT2D eigenvalue weighted by molar-refractivity contribution is 0.618. The highest BCUT2D eigenvalue weighted by Crippen LogP contribution is 2.19. The lowest BCUT2D eigenvalue weighted by Gasteiger charge is -1.99. The van der Waals surface area contributed by atoms with E-state index in [4.69, 9.17) is 11.6 Å². The van der Waals surface area contributed by atoms with Crippen LogP contribution in [-0.2, 0) is 0 Å². The quantitative estimate of drug-likeness (QED) is 0.552. The predicted molar refractivity (Wildman–Crippen MR) is 61.5 cm³/mol. The van der Waals surface area contributed by atoms with Crippen molar-refractivity contribution in [2.75, 3.05) is 5.75 Å². The molecule has 0 aromatic heterocycles. The molecule has 14 heavy (non-hydrogen) atoms. The second-order valence-electron chi connectivity index (χ2n) is 2.86. The fourth-order valence-electron chi connectivity index (χ4n) is 0.956. The smallest absolute Gasteiger partial charge is 0.127 e. The van der Waals surface area contributed by atoms with E-state index in [9.17, 15) is 4.39 Å². The van der Waals surface area contributed by atoms with Crippen LogP contribution in [0.4, 0.5) is 4.39 Å². The summed E-state index contributed by atoms with van der Waals surface area (Å²) in [4.78, 5) is 0. The monoisotopic (exact) mass is 228 g/mol. The summed E-state index contributed by atoms with van der Waals surface area (Å²) in [6.45, 7) is 1.67. The maximum absolute atomic E-state index is 13.1. The maximum atomic E-state index is 13.1. The Morgan fingerprint density at radius 2 is 2.21 bits per heavy atom. The van der Waals surface area contributed by atoms with Gasteiger partial charge >= 0.3 is 0 Å². The van der Waals surface area contributed by atoms with Crippen LogP contribution in [0.1, 0.15) is 17.5 Å². The molecular formula is C11H10ClFS. The average molecular weight is 229 g/mol. The zero-order valence-corrected chi connectivity index (χ0v) is 9.42. The van der Waals surface area contributed by atoms with Gasteiger partial charge in [0.15, 0.2) is 0 Å². The van der Waals surface area contributed by atoms with E-state index in [0.717, 1.165) is 0 Å². The third kappa shape index (κ3) is 2.94. The second-order valence-corrected chi connectivity index (χ2v) is 3.71. The molecule has 0 amide bonds. The van der Waals surface area contributed by atoms with Crippen LogP contribution >= 0.6 is 24.2 Å². The van der Waals surface area contributed by atoms with Gasteiger partial charge in [0.05, 0.1) is 5.02 Å². The van der Waals surface area contributed by atoms with Gasteiger partial charge in [0.1, 0.15) is 5.82 Å². The van der Waals surface area contributed by atoms with E-state index in [1.54, 1.807) is 13.0 Å². The standard InChI is InChI=1S/C11H10ClFS/c1-8-6-10(12)9(7-11(8)13)4-2-3-5-14/h6-7,14H,3,5H2,1H3. The number of hydrogen-bond donors (Lipinski definition) is 1. The molecule has 0 saturated carbocycles. The van der Waals surface area contributed by atoms with Crippen molar-refractivity contribution in [2.24, 2.45) is 0 Å². The first-order valence-corrected chi connectivity index (χ1v) is 5.21. The highest BCUT2D eigenvalue weighted by Gasteiger charge is 2.02.